The number of halogens is 1. The van der Waals surface area contributed by atoms with E-state index in [4.69, 9.17) is 9.47 Å². The molecule has 27 heavy (non-hydrogen) atoms. The number of rotatable bonds is 7. The number of amides is 1. The molecule has 140 valence electrons. The van der Waals surface area contributed by atoms with Gasteiger partial charge >= 0.3 is 5.97 Å². The van der Waals surface area contributed by atoms with Crippen molar-refractivity contribution in [2.45, 2.75) is 13.3 Å². The number of nitrogens with one attached hydrogen (secondary N) is 1. The summed E-state index contributed by atoms with van der Waals surface area (Å²) in [6, 6.07) is 12.7. The molecule has 3 rings (SSSR count). The summed E-state index contributed by atoms with van der Waals surface area (Å²) in [5, 5.41) is 2.79. The second-order valence-electron chi connectivity index (χ2n) is 5.61. The first-order valence-corrected chi connectivity index (χ1v) is 9.16. The number of imidazole rings is 1. The van der Waals surface area contributed by atoms with Crippen LogP contribution in [0.2, 0.25) is 0 Å². The molecule has 0 spiro atoms. The molecule has 1 amide bonds. The molecule has 2 heterocycles. The largest absolute Gasteiger partial charge is 0.484 e. The Balaban J connectivity index is 1.81. The maximum absolute atomic E-state index is 12.4. The van der Waals surface area contributed by atoms with E-state index < -0.39 is 5.97 Å². The molecule has 3 aromatic rings. The number of anilines is 1. The van der Waals surface area contributed by atoms with Gasteiger partial charge in [-0.25, -0.2) is 4.98 Å². The third-order valence-corrected chi connectivity index (χ3v) is 4.11. The Hall–Kier alpha value is -2.87. The Kier molecular flexibility index (Phi) is 6.08. The van der Waals surface area contributed by atoms with E-state index in [9.17, 15) is 9.59 Å². The monoisotopic (exact) mass is 431 g/mol. The van der Waals surface area contributed by atoms with Crippen molar-refractivity contribution in [3.63, 3.8) is 0 Å². The molecular weight excluding hydrogens is 414 g/mol. The van der Waals surface area contributed by atoms with Crippen molar-refractivity contribution >= 4 is 39.3 Å². The van der Waals surface area contributed by atoms with Gasteiger partial charge in [0.15, 0.2) is 6.61 Å². The summed E-state index contributed by atoms with van der Waals surface area (Å²) >= 11 is 3.40. The standard InChI is InChI=1S/C19H18BrN3O4/c1-2-26-18(25)10-15-19(23-11-13(20)8-9-16(23)21-15)22-17(24)12-27-14-6-4-3-5-7-14/h3-9,11H,2,10,12H2,1H3,(H,22,24). The Labute approximate surface area is 164 Å². The van der Waals surface area contributed by atoms with E-state index in [-0.39, 0.29) is 25.5 Å². The molecule has 0 bridgehead atoms. The van der Waals surface area contributed by atoms with Crippen LogP contribution in [0.15, 0.2) is 53.1 Å². The molecule has 8 heteroatoms. The predicted octanol–water partition coefficient (Wildman–Crippen LogP) is 3.22. The summed E-state index contributed by atoms with van der Waals surface area (Å²) in [4.78, 5) is 28.7. The molecule has 0 radical (unpaired) electrons. The number of para-hydroxylation sites is 1. The third-order valence-electron chi connectivity index (χ3n) is 3.64. The van der Waals surface area contributed by atoms with Crippen LogP contribution in [0, 0.1) is 0 Å². The molecule has 0 aliphatic heterocycles. The quantitative estimate of drug-likeness (QED) is 0.580. The fraction of sp³-hybridized carbons (Fsp3) is 0.211. The van der Waals surface area contributed by atoms with E-state index in [1.807, 2.05) is 24.3 Å². The Bertz CT molecular complexity index is 956. The third kappa shape index (κ3) is 4.85. The van der Waals surface area contributed by atoms with E-state index >= 15 is 0 Å². The highest BCUT2D eigenvalue weighted by Crippen LogP contribution is 2.22. The molecule has 0 unspecified atom stereocenters. The minimum atomic E-state index is -0.406. The SMILES string of the molecule is CCOC(=O)Cc1nc2ccc(Br)cn2c1NC(=O)COc1ccccc1. The van der Waals surface area contributed by atoms with E-state index in [0.29, 0.717) is 22.9 Å². The molecule has 1 aromatic carbocycles. The number of hydrogen-bond donors (Lipinski definition) is 1. The van der Waals surface area contributed by atoms with Gasteiger partial charge in [-0.1, -0.05) is 18.2 Å². The maximum Gasteiger partial charge on any atom is 0.312 e. The van der Waals surface area contributed by atoms with Gasteiger partial charge in [0.25, 0.3) is 5.91 Å². The number of benzene rings is 1. The molecule has 0 atom stereocenters. The van der Waals surface area contributed by atoms with E-state index in [1.54, 1.807) is 35.7 Å². The first kappa shape index (κ1) is 18.9. The van der Waals surface area contributed by atoms with Crippen LogP contribution in [-0.2, 0) is 20.7 Å². The van der Waals surface area contributed by atoms with Gasteiger partial charge in [-0.05, 0) is 47.1 Å². The summed E-state index contributed by atoms with van der Waals surface area (Å²) in [5.74, 6) is 0.253. The molecule has 2 aromatic heterocycles. The molecule has 0 saturated heterocycles. The number of carbonyl (C=O) groups is 2. The second kappa shape index (κ2) is 8.68. The van der Waals surface area contributed by atoms with Crippen LogP contribution in [0.3, 0.4) is 0 Å². The van der Waals surface area contributed by atoms with Crippen LogP contribution in [0.4, 0.5) is 5.82 Å². The summed E-state index contributed by atoms with van der Waals surface area (Å²) in [7, 11) is 0. The average molecular weight is 432 g/mol. The Morgan fingerprint density at radius 1 is 1.19 bits per heavy atom. The van der Waals surface area contributed by atoms with Gasteiger partial charge in [-0.3, -0.25) is 14.0 Å². The van der Waals surface area contributed by atoms with Crippen LogP contribution in [0.1, 0.15) is 12.6 Å². The lowest BCUT2D eigenvalue weighted by molar-refractivity contribution is -0.142. The predicted molar refractivity (Wildman–Crippen MR) is 104 cm³/mol. The van der Waals surface area contributed by atoms with Gasteiger partial charge in [0.1, 0.15) is 17.2 Å². The summed E-state index contributed by atoms with van der Waals surface area (Å²) in [6.45, 7) is 1.86. The van der Waals surface area contributed by atoms with Crippen LogP contribution in [-0.4, -0.2) is 34.5 Å². The van der Waals surface area contributed by atoms with Gasteiger partial charge in [0.2, 0.25) is 0 Å². The van der Waals surface area contributed by atoms with Gasteiger partial charge in [0, 0.05) is 10.7 Å². The molecule has 1 N–H and O–H groups in total. The first-order chi connectivity index (χ1) is 13.1. The maximum atomic E-state index is 12.4. The van der Waals surface area contributed by atoms with Crippen LogP contribution < -0.4 is 10.1 Å². The summed E-state index contributed by atoms with van der Waals surface area (Å²) < 4.78 is 13.0. The Morgan fingerprint density at radius 2 is 1.96 bits per heavy atom. The number of hydrogen-bond acceptors (Lipinski definition) is 5. The fourth-order valence-electron chi connectivity index (χ4n) is 2.51. The van der Waals surface area contributed by atoms with Gasteiger partial charge in [0.05, 0.1) is 18.7 Å². The lowest BCUT2D eigenvalue weighted by Crippen LogP contribution is -2.22. The molecule has 7 nitrogen and oxygen atoms in total. The normalized spacial score (nSPS) is 10.6. The lowest BCUT2D eigenvalue weighted by atomic mass is 10.3. The number of ether oxygens (including phenoxy) is 2. The number of esters is 1. The van der Waals surface area contributed by atoms with Crippen LogP contribution in [0.25, 0.3) is 5.65 Å². The summed E-state index contributed by atoms with van der Waals surface area (Å²) in [6.07, 6.45) is 1.73. The van der Waals surface area contributed by atoms with E-state index in [1.165, 1.54) is 0 Å². The van der Waals surface area contributed by atoms with Crippen LogP contribution in [0.5, 0.6) is 5.75 Å². The topological polar surface area (TPSA) is 81.9 Å². The minimum Gasteiger partial charge on any atom is -0.484 e. The van der Waals surface area contributed by atoms with Crippen molar-refractivity contribution in [3.05, 3.63) is 58.8 Å². The molecule has 0 aliphatic rings. The number of fused-ring (bicyclic) bond motifs is 1. The Morgan fingerprint density at radius 3 is 2.70 bits per heavy atom. The van der Waals surface area contributed by atoms with Crippen molar-refractivity contribution in [1.29, 1.82) is 0 Å². The van der Waals surface area contributed by atoms with Crippen molar-refractivity contribution < 1.29 is 19.1 Å². The highest BCUT2D eigenvalue weighted by atomic mass is 79.9. The van der Waals surface area contributed by atoms with Gasteiger partial charge < -0.3 is 14.8 Å². The zero-order valence-electron chi connectivity index (χ0n) is 14.6. The van der Waals surface area contributed by atoms with E-state index in [2.05, 4.69) is 26.2 Å². The molecule has 0 aliphatic carbocycles. The van der Waals surface area contributed by atoms with Crippen molar-refractivity contribution in [2.24, 2.45) is 0 Å². The zero-order valence-corrected chi connectivity index (χ0v) is 16.2. The van der Waals surface area contributed by atoms with Crippen molar-refractivity contribution in [2.75, 3.05) is 18.5 Å². The molecule has 0 saturated carbocycles. The highest BCUT2D eigenvalue weighted by Gasteiger charge is 2.18. The van der Waals surface area contributed by atoms with Crippen molar-refractivity contribution in [3.8, 4) is 5.75 Å². The average Bonchev–Trinajstić information content (AvgIpc) is 2.97. The first-order valence-electron chi connectivity index (χ1n) is 8.36. The number of nitrogens with zero attached hydrogens (tertiary/aromatic N) is 2. The lowest BCUT2D eigenvalue weighted by Gasteiger charge is -2.09. The second-order valence-corrected chi connectivity index (χ2v) is 6.53. The fourth-order valence-corrected chi connectivity index (χ4v) is 2.84. The van der Waals surface area contributed by atoms with Gasteiger partial charge in [-0.2, -0.15) is 0 Å². The van der Waals surface area contributed by atoms with Crippen molar-refractivity contribution in [1.82, 2.24) is 9.38 Å². The molecular formula is C19H18BrN3O4. The number of aromatic nitrogens is 2. The number of pyridine rings is 1. The highest BCUT2D eigenvalue weighted by molar-refractivity contribution is 9.10. The zero-order chi connectivity index (χ0) is 19.2. The minimum absolute atomic E-state index is 0.0394. The van der Waals surface area contributed by atoms with E-state index in [0.717, 1.165) is 4.47 Å². The van der Waals surface area contributed by atoms with Gasteiger partial charge in [-0.15, -0.1) is 0 Å². The smallest absolute Gasteiger partial charge is 0.312 e. The molecule has 0 fully saturated rings. The number of carbonyl (C=O) groups excluding carboxylic acids is 2. The van der Waals surface area contributed by atoms with Crippen LogP contribution >= 0.6 is 15.9 Å². The summed E-state index contributed by atoms with van der Waals surface area (Å²) in [5.41, 5.74) is 1.04.